The molecular weight excluding hydrogens is 590 g/mol. The van der Waals surface area contributed by atoms with Crippen molar-refractivity contribution in [3.8, 4) is 0 Å². The van der Waals surface area contributed by atoms with Gasteiger partial charge in [0.25, 0.3) is 0 Å². The lowest BCUT2D eigenvalue weighted by molar-refractivity contribution is -0.140. The minimum absolute atomic E-state index is 0.0501. The van der Waals surface area contributed by atoms with Crippen LogP contribution in [0.5, 0.6) is 0 Å². The van der Waals surface area contributed by atoms with Gasteiger partial charge < -0.3 is 37.8 Å². The van der Waals surface area contributed by atoms with Gasteiger partial charge in [-0.25, -0.2) is 0 Å². The average Bonchev–Trinajstić information content (AvgIpc) is 3.03. The molecule has 1 heterocycles. The number of hydrogen-bond acceptors (Lipinski definition) is 6. The first-order valence-corrected chi connectivity index (χ1v) is 15.6. The number of benzene rings is 2. The molecule has 46 heavy (non-hydrogen) atoms. The SMILES string of the molecule is NC(N)=NCCCC1NC(=O)C[C@@H](c2ccccc2)CCCC[C@H](c2ccccc2)CNC(=O)[C@H](CC(=O)O)NC(=O)CNC1=O. The average molecular weight is 636 g/mol. The van der Waals surface area contributed by atoms with Crippen molar-refractivity contribution >= 4 is 35.6 Å². The molecule has 0 aliphatic carbocycles. The molecular formula is C33H45N7O6. The van der Waals surface area contributed by atoms with Crippen LogP contribution in [-0.4, -0.2) is 72.4 Å². The summed E-state index contributed by atoms with van der Waals surface area (Å²) < 4.78 is 0. The summed E-state index contributed by atoms with van der Waals surface area (Å²) in [5.41, 5.74) is 12.9. The maximum Gasteiger partial charge on any atom is 0.305 e. The number of hydrogen-bond donors (Lipinski definition) is 7. The molecule has 3 rings (SSSR count). The van der Waals surface area contributed by atoms with Crippen LogP contribution in [0.4, 0.5) is 0 Å². The van der Waals surface area contributed by atoms with Crippen LogP contribution in [-0.2, 0) is 24.0 Å². The number of nitrogens with two attached hydrogens (primary N) is 2. The third-order valence-corrected chi connectivity index (χ3v) is 7.90. The lowest BCUT2D eigenvalue weighted by Crippen LogP contribution is -2.53. The van der Waals surface area contributed by atoms with Gasteiger partial charge in [0.15, 0.2) is 5.96 Å². The number of carbonyl (C=O) groups excluding carboxylic acids is 4. The molecule has 13 nitrogen and oxygen atoms in total. The molecule has 4 atom stereocenters. The predicted molar refractivity (Wildman–Crippen MR) is 173 cm³/mol. The number of aliphatic carboxylic acids is 1. The van der Waals surface area contributed by atoms with Crippen molar-refractivity contribution in [2.45, 2.75) is 75.3 Å². The Morgan fingerprint density at radius 2 is 1.35 bits per heavy atom. The van der Waals surface area contributed by atoms with Crippen molar-refractivity contribution in [1.29, 1.82) is 0 Å². The highest BCUT2D eigenvalue weighted by Crippen LogP contribution is 2.28. The molecule has 9 N–H and O–H groups in total. The van der Waals surface area contributed by atoms with Crippen LogP contribution in [0, 0.1) is 0 Å². The van der Waals surface area contributed by atoms with E-state index in [9.17, 15) is 29.1 Å². The van der Waals surface area contributed by atoms with Crippen LogP contribution in [0.3, 0.4) is 0 Å². The zero-order chi connectivity index (χ0) is 33.3. The van der Waals surface area contributed by atoms with E-state index in [1.165, 1.54) is 0 Å². The summed E-state index contributed by atoms with van der Waals surface area (Å²) >= 11 is 0. The summed E-state index contributed by atoms with van der Waals surface area (Å²) in [5, 5.41) is 20.0. The van der Waals surface area contributed by atoms with Crippen LogP contribution >= 0.6 is 0 Å². The maximum absolute atomic E-state index is 13.3. The molecule has 0 spiro atoms. The number of rotatable bonds is 8. The van der Waals surface area contributed by atoms with Crippen molar-refractivity contribution in [1.82, 2.24) is 21.3 Å². The first kappa shape index (κ1) is 35.5. The minimum atomic E-state index is -1.35. The van der Waals surface area contributed by atoms with E-state index in [4.69, 9.17) is 11.5 Å². The van der Waals surface area contributed by atoms with Crippen LogP contribution in [0.25, 0.3) is 0 Å². The zero-order valence-electron chi connectivity index (χ0n) is 26.0. The Balaban J connectivity index is 1.85. The molecule has 1 saturated heterocycles. The van der Waals surface area contributed by atoms with Crippen molar-refractivity contribution < 1.29 is 29.1 Å². The number of nitrogens with zero attached hydrogens (tertiary/aromatic N) is 1. The van der Waals surface area contributed by atoms with E-state index in [1.807, 2.05) is 60.7 Å². The largest absolute Gasteiger partial charge is 0.481 e. The van der Waals surface area contributed by atoms with Gasteiger partial charge in [0, 0.05) is 25.4 Å². The van der Waals surface area contributed by atoms with Crippen molar-refractivity contribution in [3.63, 3.8) is 0 Å². The Hall–Kier alpha value is -4.94. The molecule has 2 aromatic carbocycles. The molecule has 1 unspecified atom stereocenters. The normalized spacial score (nSPS) is 22.4. The van der Waals surface area contributed by atoms with Gasteiger partial charge in [-0.3, -0.25) is 29.0 Å². The van der Waals surface area contributed by atoms with Crippen molar-refractivity contribution in [2.75, 3.05) is 19.6 Å². The fraction of sp³-hybridized carbons (Fsp3) is 0.455. The lowest BCUT2D eigenvalue weighted by Gasteiger charge is -2.22. The monoisotopic (exact) mass is 635 g/mol. The van der Waals surface area contributed by atoms with E-state index in [0.29, 0.717) is 6.42 Å². The third-order valence-electron chi connectivity index (χ3n) is 7.90. The number of carboxylic acid groups (broad SMARTS) is 1. The number of nitrogens with one attached hydrogen (secondary N) is 4. The van der Waals surface area contributed by atoms with Crippen molar-refractivity contribution in [2.24, 2.45) is 16.5 Å². The van der Waals surface area contributed by atoms with Crippen LogP contribution in [0.1, 0.15) is 74.3 Å². The molecule has 1 aliphatic rings. The van der Waals surface area contributed by atoms with E-state index >= 15 is 0 Å². The first-order valence-electron chi connectivity index (χ1n) is 15.6. The third kappa shape index (κ3) is 12.6. The summed E-state index contributed by atoms with van der Waals surface area (Å²) in [6.45, 7) is -0.0372. The van der Waals surface area contributed by atoms with E-state index in [-0.39, 0.29) is 49.6 Å². The number of carbonyl (C=O) groups is 5. The van der Waals surface area contributed by atoms with E-state index < -0.39 is 48.7 Å². The van der Waals surface area contributed by atoms with E-state index in [0.717, 1.165) is 36.8 Å². The van der Waals surface area contributed by atoms with Crippen LogP contribution in [0.2, 0.25) is 0 Å². The van der Waals surface area contributed by atoms with Gasteiger partial charge in [0.05, 0.1) is 13.0 Å². The van der Waals surface area contributed by atoms with Gasteiger partial charge in [-0.15, -0.1) is 0 Å². The zero-order valence-corrected chi connectivity index (χ0v) is 26.0. The Bertz CT molecular complexity index is 1330. The maximum atomic E-state index is 13.3. The van der Waals surface area contributed by atoms with Crippen molar-refractivity contribution in [3.05, 3.63) is 71.8 Å². The second kappa shape index (κ2) is 18.8. The summed E-state index contributed by atoms with van der Waals surface area (Å²) in [6.07, 6.45) is 3.21. The highest BCUT2D eigenvalue weighted by Gasteiger charge is 2.27. The quantitative estimate of drug-likeness (QED) is 0.127. The second-order valence-corrected chi connectivity index (χ2v) is 11.5. The van der Waals surface area contributed by atoms with Gasteiger partial charge in [-0.2, -0.15) is 0 Å². The molecule has 248 valence electrons. The van der Waals surface area contributed by atoms with Gasteiger partial charge >= 0.3 is 5.97 Å². The van der Waals surface area contributed by atoms with E-state index in [2.05, 4.69) is 26.3 Å². The number of aliphatic imine (C=N–C) groups is 1. The molecule has 0 bridgehead atoms. The van der Waals surface area contributed by atoms with Crippen LogP contribution in [0.15, 0.2) is 65.7 Å². The van der Waals surface area contributed by atoms with Gasteiger partial charge in [-0.05, 0) is 42.7 Å². The molecule has 13 heteroatoms. The molecule has 1 aliphatic heterocycles. The molecule has 2 aromatic rings. The fourth-order valence-corrected chi connectivity index (χ4v) is 5.52. The molecule has 1 fully saturated rings. The Morgan fingerprint density at radius 3 is 1.96 bits per heavy atom. The highest BCUT2D eigenvalue weighted by atomic mass is 16.4. The first-order chi connectivity index (χ1) is 22.1. The molecule has 0 radical (unpaired) electrons. The molecule has 0 aromatic heterocycles. The van der Waals surface area contributed by atoms with Crippen LogP contribution < -0.4 is 32.7 Å². The van der Waals surface area contributed by atoms with Gasteiger partial charge in [-0.1, -0.05) is 73.5 Å². The highest BCUT2D eigenvalue weighted by molar-refractivity contribution is 5.93. The molecule has 4 amide bonds. The summed E-state index contributed by atoms with van der Waals surface area (Å²) in [5.74, 6) is -3.79. The Morgan fingerprint density at radius 1 is 0.783 bits per heavy atom. The Labute approximate surface area is 269 Å². The number of amides is 4. The lowest BCUT2D eigenvalue weighted by atomic mass is 9.87. The Kier molecular flexibility index (Phi) is 14.5. The summed E-state index contributed by atoms with van der Waals surface area (Å²) in [6, 6.07) is 17.1. The fourth-order valence-electron chi connectivity index (χ4n) is 5.52. The van der Waals surface area contributed by atoms with Gasteiger partial charge in [0.2, 0.25) is 23.6 Å². The smallest absolute Gasteiger partial charge is 0.305 e. The number of guanidine groups is 1. The molecule has 0 saturated carbocycles. The topological polar surface area (TPSA) is 218 Å². The summed E-state index contributed by atoms with van der Waals surface area (Å²) in [7, 11) is 0. The predicted octanol–water partition coefficient (Wildman–Crippen LogP) is 1.25. The van der Waals surface area contributed by atoms with Gasteiger partial charge in [0.1, 0.15) is 12.1 Å². The summed E-state index contributed by atoms with van der Waals surface area (Å²) in [4.78, 5) is 67.8. The van der Waals surface area contributed by atoms with E-state index in [1.54, 1.807) is 0 Å². The second-order valence-electron chi connectivity index (χ2n) is 11.5. The minimum Gasteiger partial charge on any atom is -0.481 e. The number of carboxylic acids is 1. The standard InChI is InChI=1S/C33H45N7O6/c34-33(35)36-17-9-16-26-31(45)38-21-29(42)40-27(19-30(43)44)32(46)37-20-25(23-12-5-2-6-13-23)15-8-7-14-24(18-28(41)39-26)22-10-3-1-4-11-22/h1-6,10-13,24-27H,7-9,14-21H2,(H,37,46)(H,38,45)(H,39,41)(H,40,42)(H,43,44)(H4,34,35,36)/t24-,25-,26?,27-/m0/s1.